The van der Waals surface area contributed by atoms with Gasteiger partial charge in [0.25, 0.3) is 5.91 Å². The van der Waals surface area contributed by atoms with Crippen LogP contribution < -0.4 is 10.2 Å². The molecule has 0 unspecified atom stereocenters. The van der Waals surface area contributed by atoms with E-state index in [0.717, 1.165) is 21.1 Å². The molecule has 1 fully saturated rings. The Balaban J connectivity index is 1.40. The van der Waals surface area contributed by atoms with Crippen LogP contribution in [-0.2, 0) is 16.1 Å². The third kappa shape index (κ3) is 5.87. The molecule has 36 heavy (non-hydrogen) atoms. The van der Waals surface area contributed by atoms with Crippen molar-refractivity contribution < 1.29 is 14.4 Å². The lowest BCUT2D eigenvalue weighted by molar-refractivity contribution is -0.134. The summed E-state index contributed by atoms with van der Waals surface area (Å²) in [5.41, 5.74) is 3.68. The predicted molar refractivity (Wildman–Crippen MR) is 146 cm³/mol. The summed E-state index contributed by atoms with van der Waals surface area (Å²) in [7, 11) is 2.00. The number of hydrogen-bond donors (Lipinski definition) is 1. The van der Waals surface area contributed by atoms with E-state index in [1.54, 1.807) is 11.1 Å². The molecule has 7 nitrogen and oxygen atoms in total. The Bertz CT molecular complexity index is 1310. The summed E-state index contributed by atoms with van der Waals surface area (Å²) in [6.07, 6.45) is 3.47. The minimum atomic E-state index is -0.167. The molecule has 1 aliphatic rings. The zero-order chi connectivity index (χ0) is 25.8. The fraction of sp³-hybridized carbons (Fsp3) is 0.321. The van der Waals surface area contributed by atoms with Crippen LogP contribution in [0.1, 0.15) is 22.3 Å². The first-order valence-electron chi connectivity index (χ1n) is 12.0. The summed E-state index contributed by atoms with van der Waals surface area (Å²) in [5, 5.41) is 3.82. The predicted octanol–water partition coefficient (Wildman–Crippen LogP) is 4.18. The maximum atomic E-state index is 13.1. The van der Waals surface area contributed by atoms with Crippen molar-refractivity contribution >= 4 is 50.1 Å². The van der Waals surface area contributed by atoms with E-state index >= 15 is 0 Å². The number of aryl methyl sites for hydroxylation is 1. The van der Waals surface area contributed by atoms with Crippen molar-refractivity contribution in [2.75, 3.05) is 38.1 Å². The van der Waals surface area contributed by atoms with Gasteiger partial charge in [0.1, 0.15) is 0 Å². The Labute approximate surface area is 219 Å². The van der Waals surface area contributed by atoms with Crippen LogP contribution in [0.15, 0.2) is 65.8 Å². The number of likely N-dealkylation sites (tertiary alicyclic amines) is 1. The summed E-state index contributed by atoms with van der Waals surface area (Å²) in [5.74, 6) is -0.0105. The largest absolute Gasteiger partial charge is 0.373 e. The molecule has 3 aromatic rings. The molecule has 0 saturated carbocycles. The number of amides is 2. The number of aromatic nitrogens is 1. The van der Waals surface area contributed by atoms with E-state index in [1.165, 1.54) is 11.6 Å². The van der Waals surface area contributed by atoms with Gasteiger partial charge in [-0.2, -0.15) is 0 Å². The maximum Gasteiger partial charge on any atom is 0.253 e. The molecule has 1 aromatic heterocycles. The summed E-state index contributed by atoms with van der Waals surface area (Å²) in [4.78, 5) is 41.3. The van der Waals surface area contributed by atoms with Crippen LogP contribution in [0.4, 0.5) is 5.69 Å². The topological polar surface area (TPSA) is 74.6 Å². The molecule has 0 atom stereocenters. The molecule has 2 amide bonds. The zero-order valence-electron chi connectivity index (χ0n) is 20.7. The number of nitrogens with zero attached hydrogens (tertiary/aromatic N) is 3. The van der Waals surface area contributed by atoms with Gasteiger partial charge in [-0.3, -0.25) is 14.4 Å². The van der Waals surface area contributed by atoms with Crippen LogP contribution in [0.25, 0.3) is 10.9 Å². The number of anilines is 1. The molecule has 2 heterocycles. The summed E-state index contributed by atoms with van der Waals surface area (Å²) in [6, 6.07) is 14.0. The van der Waals surface area contributed by atoms with E-state index in [4.69, 9.17) is 0 Å². The first-order valence-corrected chi connectivity index (χ1v) is 12.8. The normalized spacial score (nSPS) is 13.4. The van der Waals surface area contributed by atoms with Gasteiger partial charge in [0.15, 0.2) is 5.78 Å². The summed E-state index contributed by atoms with van der Waals surface area (Å²) in [6.45, 7) is 8.07. The van der Waals surface area contributed by atoms with Crippen molar-refractivity contribution in [3.63, 3.8) is 0 Å². The second-order valence-corrected chi connectivity index (χ2v) is 10.3. The Morgan fingerprint density at radius 1 is 1.19 bits per heavy atom. The molecular formula is C28H31BrN4O3. The first kappa shape index (κ1) is 25.7. The van der Waals surface area contributed by atoms with Gasteiger partial charge in [-0.25, -0.2) is 0 Å². The van der Waals surface area contributed by atoms with E-state index < -0.39 is 0 Å². The summed E-state index contributed by atoms with van der Waals surface area (Å²) >= 11 is 3.50. The molecular weight excluding hydrogens is 520 g/mol. The van der Waals surface area contributed by atoms with Gasteiger partial charge in [0.05, 0.1) is 12.1 Å². The number of carbonyl (C=O) groups excluding carboxylic acids is 3. The minimum Gasteiger partial charge on any atom is -0.373 e. The minimum absolute atomic E-state index is 0.0808. The Hall–Kier alpha value is -3.39. The van der Waals surface area contributed by atoms with E-state index in [9.17, 15) is 14.4 Å². The second kappa shape index (κ2) is 11.1. The van der Waals surface area contributed by atoms with Crippen molar-refractivity contribution in [2.45, 2.75) is 19.9 Å². The number of benzene rings is 2. The molecule has 8 heteroatoms. The monoisotopic (exact) mass is 550 g/mol. The summed E-state index contributed by atoms with van der Waals surface area (Å²) < 4.78 is 2.72. The first-order chi connectivity index (χ1) is 17.2. The average Bonchev–Trinajstić information content (AvgIpc) is 3.17. The van der Waals surface area contributed by atoms with Gasteiger partial charge in [-0.05, 0) is 48.9 Å². The van der Waals surface area contributed by atoms with Crippen LogP contribution in [-0.4, -0.2) is 60.3 Å². The third-order valence-corrected chi connectivity index (χ3v) is 7.06. The van der Waals surface area contributed by atoms with E-state index in [2.05, 4.69) is 57.8 Å². The molecule has 0 aliphatic carbocycles. The molecule has 0 radical (unpaired) electrons. The van der Waals surface area contributed by atoms with Crippen LogP contribution in [0.3, 0.4) is 0 Å². The number of likely N-dealkylation sites (N-methyl/N-ethyl adjacent to an activating group) is 1. The highest BCUT2D eigenvalue weighted by Gasteiger charge is 2.31. The standard InChI is InChI=1S/C28H31BrN4O3/c1-4-27(35)33-15-20(16-33)13-23(34)17-32-18-25(24-14-21(29)8-9-26(24)32)28(36)30-10-11-31(3)22-7-5-6-19(2)12-22/h4-9,12,14,18,20H,1,10-11,13,15-17H2,2-3H3,(H,30,36). The molecule has 188 valence electrons. The molecule has 0 spiro atoms. The Morgan fingerprint density at radius 3 is 2.69 bits per heavy atom. The van der Waals surface area contributed by atoms with E-state index in [0.29, 0.717) is 38.2 Å². The lowest BCUT2D eigenvalue weighted by Crippen LogP contribution is -2.50. The Morgan fingerprint density at radius 2 is 1.97 bits per heavy atom. The quantitative estimate of drug-likeness (QED) is 0.384. The van der Waals surface area contributed by atoms with Crippen LogP contribution >= 0.6 is 15.9 Å². The molecule has 1 N–H and O–H groups in total. The number of fused-ring (bicyclic) bond motifs is 1. The molecule has 4 rings (SSSR count). The molecule has 2 aromatic carbocycles. The van der Waals surface area contributed by atoms with E-state index in [1.807, 2.05) is 35.9 Å². The van der Waals surface area contributed by atoms with Crippen LogP contribution in [0, 0.1) is 12.8 Å². The molecule has 1 aliphatic heterocycles. The van der Waals surface area contributed by atoms with Crippen molar-refractivity contribution in [3.8, 4) is 0 Å². The van der Waals surface area contributed by atoms with Crippen LogP contribution in [0.5, 0.6) is 0 Å². The number of hydrogen-bond acceptors (Lipinski definition) is 4. The van der Waals surface area contributed by atoms with Gasteiger partial charge in [-0.1, -0.05) is 34.6 Å². The third-order valence-electron chi connectivity index (χ3n) is 6.57. The zero-order valence-corrected chi connectivity index (χ0v) is 22.3. The highest BCUT2D eigenvalue weighted by Crippen LogP contribution is 2.26. The van der Waals surface area contributed by atoms with Crippen molar-refractivity contribution in [2.24, 2.45) is 5.92 Å². The van der Waals surface area contributed by atoms with E-state index in [-0.39, 0.29) is 30.1 Å². The molecule has 0 bridgehead atoms. The molecule has 1 saturated heterocycles. The van der Waals surface area contributed by atoms with Crippen LogP contribution in [0.2, 0.25) is 0 Å². The number of nitrogens with one attached hydrogen (secondary N) is 1. The Kier molecular flexibility index (Phi) is 7.94. The lowest BCUT2D eigenvalue weighted by Gasteiger charge is -2.38. The van der Waals surface area contributed by atoms with Crippen molar-refractivity contribution in [1.82, 2.24) is 14.8 Å². The number of halogens is 1. The smallest absolute Gasteiger partial charge is 0.253 e. The van der Waals surface area contributed by atoms with Gasteiger partial charge in [0, 0.05) is 72.8 Å². The number of rotatable bonds is 10. The fourth-order valence-electron chi connectivity index (χ4n) is 4.59. The number of ketones is 1. The van der Waals surface area contributed by atoms with Crippen molar-refractivity contribution in [1.29, 1.82) is 0 Å². The highest BCUT2D eigenvalue weighted by molar-refractivity contribution is 9.10. The second-order valence-electron chi connectivity index (χ2n) is 9.40. The average molecular weight is 551 g/mol. The van der Waals surface area contributed by atoms with Gasteiger partial charge in [0.2, 0.25) is 5.91 Å². The van der Waals surface area contributed by atoms with Gasteiger partial charge in [-0.15, -0.1) is 0 Å². The highest BCUT2D eigenvalue weighted by atomic mass is 79.9. The van der Waals surface area contributed by atoms with Gasteiger partial charge >= 0.3 is 0 Å². The number of Topliss-reactive ketones (excluding diaryl/α,β-unsaturated/α-hetero) is 1. The van der Waals surface area contributed by atoms with Gasteiger partial charge < -0.3 is 19.7 Å². The van der Waals surface area contributed by atoms with Crippen molar-refractivity contribution in [3.05, 3.63) is 76.9 Å². The SMILES string of the molecule is C=CC(=O)N1CC(CC(=O)Cn2cc(C(=O)NCCN(C)c3cccc(C)c3)c3cc(Br)ccc32)C1. The fourth-order valence-corrected chi connectivity index (χ4v) is 4.95. The lowest BCUT2D eigenvalue weighted by atomic mass is 9.94. The number of carbonyl (C=O) groups is 3. The maximum absolute atomic E-state index is 13.1.